The lowest BCUT2D eigenvalue weighted by atomic mass is 9.96. The van der Waals surface area contributed by atoms with Crippen LogP contribution in [0.25, 0.3) is 0 Å². The Bertz CT molecular complexity index is 1300. The van der Waals surface area contributed by atoms with E-state index in [0.717, 1.165) is 39.3 Å². The van der Waals surface area contributed by atoms with E-state index >= 15 is 0 Å². The summed E-state index contributed by atoms with van der Waals surface area (Å²) in [5, 5.41) is 0. The molecule has 1 unspecified atom stereocenters. The molecule has 0 spiro atoms. The molecule has 38 heavy (non-hydrogen) atoms. The van der Waals surface area contributed by atoms with Crippen LogP contribution in [0.15, 0.2) is 103 Å². The quantitative estimate of drug-likeness (QED) is 0.365. The van der Waals surface area contributed by atoms with Crippen LogP contribution in [0, 0.1) is 6.92 Å². The van der Waals surface area contributed by atoms with Gasteiger partial charge < -0.3 is 9.47 Å². The molecule has 0 bridgehead atoms. The smallest absolute Gasteiger partial charge is 0.236 e. The van der Waals surface area contributed by atoms with Crippen LogP contribution in [0.4, 0.5) is 0 Å². The number of hydrogen-bond donors (Lipinski definition) is 0. The van der Waals surface area contributed by atoms with Crippen LogP contribution < -0.4 is 0 Å². The average Bonchev–Trinajstić information content (AvgIpc) is 3.44. The topological polar surface area (TPSA) is 31.7 Å². The van der Waals surface area contributed by atoms with Crippen LogP contribution in [0.1, 0.15) is 40.0 Å². The second-order valence-electron chi connectivity index (χ2n) is 10.6. The Labute approximate surface area is 225 Å². The number of carbonyl (C=O) groups excluding carboxylic acids is 1. The number of amides is 1. The highest BCUT2D eigenvalue weighted by Crippen LogP contribution is 2.33. The van der Waals surface area contributed by atoms with E-state index in [0.29, 0.717) is 6.54 Å². The first-order chi connectivity index (χ1) is 18.7. The zero-order valence-corrected chi connectivity index (χ0v) is 22.1. The van der Waals surface area contributed by atoms with Crippen molar-refractivity contribution in [1.82, 2.24) is 19.3 Å². The Kier molecular flexibility index (Phi) is 7.12. The number of aromatic nitrogens is 1. The van der Waals surface area contributed by atoms with Gasteiger partial charge in [0.15, 0.2) is 0 Å². The summed E-state index contributed by atoms with van der Waals surface area (Å²) >= 11 is 0. The molecular formula is C33H36N4O. The van der Waals surface area contributed by atoms with Gasteiger partial charge in [-0.05, 0) is 35.7 Å². The fourth-order valence-corrected chi connectivity index (χ4v) is 6.12. The molecule has 0 aliphatic carbocycles. The van der Waals surface area contributed by atoms with Crippen molar-refractivity contribution in [2.24, 2.45) is 0 Å². The Morgan fingerprint density at radius 2 is 1.37 bits per heavy atom. The summed E-state index contributed by atoms with van der Waals surface area (Å²) in [7, 11) is 0. The molecule has 2 aliphatic heterocycles. The Morgan fingerprint density at radius 1 is 0.737 bits per heavy atom. The van der Waals surface area contributed by atoms with E-state index in [1.54, 1.807) is 0 Å². The normalized spacial score (nSPS) is 18.5. The number of nitrogens with zero attached hydrogens (tertiary/aromatic N) is 4. The first-order valence-corrected chi connectivity index (χ1v) is 13.7. The van der Waals surface area contributed by atoms with Crippen LogP contribution in [0.5, 0.6) is 0 Å². The first kappa shape index (κ1) is 24.7. The van der Waals surface area contributed by atoms with Crippen LogP contribution in [-0.4, -0.2) is 64.4 Å². The van der Waals surface area contributed by atoms with E-state index in [4.69, 9.17) is 0 Å². The summed E-state index contributed by atoms with van der Waals surface area (Å²) < 4.78 is 2.33. The highest BCUT2D eigenvalue weighted by molar-refractivity contribution is 5.78. The minimum atomic E-state index is 0.102. The summed E-state index contributed by atoms with van der Waals surface area (Å²) in [5.74, 6) is 0.234. The first-order valence-electron chi connectivity index (χ1n) is 13.7. The van der Waals surface area contributed by atoms with Gasteiger partial charge in [-0.2, -0.15) is 0 Å². The third-order valence-electron chi connectivity index (χ3n) is 8.13. The lowest BCUT2D eigenvalue weighted by Crippen LogP contribution is -2.53. The largest absolute Gasteiger partial charge is 0.348 e. The molecule has 3 heterocycles. The highest BCUT2D eigenvalue weighted by Gasteiger charge is 2.33. The van der Waals surface area contributed by atoms with Gasteiger partial charge in [-0.3, -0.25) is 14.6 Å². The van der Waals surface area contributed by atoms with Crippen molar-refractivity contribution >= 4 is 5.91 Å². The standard InChI is InChI=1S/C33H36N4O/c1-26-14-16-29(17-15-26)33-30-13-8-18-34(30)19-24-37(33)25-31(38)35-20-22-36(23-21-35)32(27-9-4-2-5-10-27)28-11-6-3-7-12-28/h2-18,32-33H,19-25H2,1H3. The molecule has 3 aromatic carbocycles. The minimum absolute atomic E-state index is 0.102. The summed E-state index contributed by atoms with van der Waals surface area (Å²) in [6.07, 6.45) is 2.16. The van der Waals surface area contributed by atoms with Crippen LogP contribution in [-0.2, 0) is 11.3 Å². The molecule has 1 saturated heterocycles. The molecule has 4 aromatic rings. The van der Waals surface area contributed by atoms with Gasteiger partial charge in [-0.1, -0.05) is 90.5 Å². The van der Waals surface area contributed by atoms with E-state index < -0.39 is 0 Å². The van der Waals surface area contributed by atoms with E-state index in [1.165, 1.54) is 27.9 Å². The van der Waals surface area contributed by atoms with Crippen molar-refractivity contribution in [3.05, 3.63) is 131 Å². The average molecular weight is 505 g/mol. The molecule has 194 valence electrons. The molecule has 1 amide bonds. The minimum Gasteiger partial charge on any atom is -0.348 e. The van der Waals surface area contributed by atoms with Crippen molar-refractivity contribution in [2.75, 3.05) is 39.3 Å². The van der Waals surface area contributed by atoms with Gasteiger partial charge >= 0.3 is 0 Å². The molecule has 0 radical (unpaired) electrons. The SMILES string of the molecule is Cc1ccc(C2c3cccn3CCN2CC(=O)N2CCN(C(c3ccccc3)c3ccccc3)CC2)cc1. The van der Waals surface area contributed by atoms with Gasteiger partial charge in [0.1, 0.15) is 0 Å². The second kappa shape index (κ2) is 11.0. The van der Waals surface area contributed by atoms with Crippen LogP contribution in [0.3, 0.4) is 0 Å². The second-order valence-corrected chi connectivity index (χ2v) is 10.6. The lowest BCUT2D eigenvalue weighted by molar-refractivity contribution is -0.135. The summed E-state index contributed by atoms with van der Waals surface area (Å²) in [6.45, 7) is 7.61. The highest BCUT2D eigenvalue weighted by atomic mass is 16.2. The fraction of sp³-hybridized carbons (Fsp3) is 0.303. The summed E-state index contributed by atoms with van der Waals surface area (Å²) in [5.41, 5.74) is 6.38. The molecule has 0 saturated carbocycles. The molecule has 1 atom stereocenters. The Balaban J connectivity index is 1.16. The van der Waals surface area contributed by atoms with Crippen molar-refractivity contribution in [2.45, 2.75) is 25.6 Å². The van der Waals surface area contributed by atoms with E-state index in [1.807, 2.05) is 0 Å². The number of benzene rings is 3. The van der Waals surface area contributed by atoms with Gasteiger partial charge in [0.05, 0.1) is 18.6 Å². The van der Waals surface area contributed by atoms with Crippen molar-refractivity contribution < 1.29 is 4.79 Å². The van der Waals surface area contributed by atoms with Gasteiger partial charge in [0.25, 0.3) is 0 Å². The van der Waals surface area contributed by atoms with Gasteiger partial charge in [0, 0.05) is 51.2 Å². The summed E-state index contributed by atoms with van der Waals surface area (Å²) in [6, 6.07) is 34.9. The third kappa shape index (κ3) is 5.04. The Hall–Kier alpha value is -3.67. The predicted molar refractivity (Wildman–Crippen MR) is 152 cm³/mol. The molecule has 0 N–H and O–H groups in total. The molecule has 5 nitrogen and oxygen atoms in total. The molecule has 6 rings (SSSR count). The van der Waals surface area contributed by atoms with Crippen LogP contribution >= 0.6 is 0 Å². The lowest BCUT2D eigenvalue weighted by Gasteiger charge is -2.41. The maximum Gasteiger partial charge on any atom is 0.236 e. The van der Waals surface area contributed by atoms with Crippen molar-refractivity contribution in [3.63, 3.8) is 0 Å². The number of carbonyl (C=O) groups is 1. The number of hydrogen-bond acceptors (Lipinski definition) is 3. The zero-order valence-electron chi connectivity index (χ0n) is 22.1. The van der Waals surface area contributed by atoms with E-state index in [9.17, 15) is 4.79 Å². The van der Waals surface area contributed by atoms with Crippen molar-refractivity contribution in [3.8, 4) is 0 Å². The van der Waals surface area contributed by atoms with Gasteiger partial charge in [-0.25, -0.2) is 0 Å². The molecule has 1 fully saturated rings. The number of piperazine rings is 1. The number of aryl methyl sites for hydroxylation is 1. The number of rotatable bonds is 6. The monoisotopic (exact) mass is 504 g/mol. The molecule has 1 aromatic heterocycles. The third-order valence-corrected chi connectivity index (χ3v) is 8.13. The maximum atomic E-state index is 13.6. The van der Waals surface area contributed by atoms with Gasteiger partial charge in [0.2, 0.25) is 5.91 Å². The molecule has 2 aliphatic rings. The van der Waals surface area contributed by atoms with Crippen LogP contribution in [0.2, 0.25) is 0 Å². The molecule has 5 heteroatoms. The van der Waals surface area contributed by atoms with E-state index in [2.05, 4.69) is 129 Å². The number of fused-ring (bicyclic) bond motifs is 1. The predicted octanol–water partition coefficient (Wildman–Crippen LogP) is 5.14. The molecular weight excluding hydrogens is 468 g/mol. The zero-order chi connectivity index (χ0) is 25.9. The fourth-order valence-electron chi connectivity index (χ4n) is 6.12. The van der Waals surface area contributed by atoms with E-state index in [-0.39, 0.29) is 18.0 Å². The maximum absolute atomic E-state index is 13.6. The summed E-state index contributed by atoms with van der Waals surface area (Å²) in [4.78, 5) is 20.6. The Morgan fingerprint density at radius 3 is 2.00 bits per heavy atom. The van der Waals surface area contributed by atoms with Crippen molar-refractivity contribution in [1.29, 1.82) is 0 Å². The van der Waals surface area contributed by atoms with Gasteiger partial charge in [-0.15, -0.1) is 0 Å².